The van der Waals surface area contributed by atoms with Crippen LogP contribution in [-0.2, 0) is 23.4 Å². The fourth-order valence-corrected chi connectivity index (χ4v) is 6.69. The van der Waals surface area contributed by atoms with E-state index in [4.69, 9.17) is 21.4 Å². The van der Waals surface area contributed by atoms with Gasteiger partial charge in [0.15, 0.2) is 0 Å². The van der Waals surface area contributed by atoms with Gasteiger partial charge in [0.05, 0.1) is 11.5 Å². The topological polar surface area (TPSA) is 13.1 Å². The van der Waals surface area contributed by atoms with Crippen LogP contribution in [0.1, 0.15) is 59.9 Å². The minimum absolute atomic E-state index is 0.171. The summed E-state index contributed by atoms with van der Waals surface area (Å²) in [5.41, 5.74) is 14.4. The standard InChI is InChI=1S/C25H25O.C19H19.C2H6Si.2ClH.Zr/c1-16-6-8-19-14-20(23-13-7-17(2)26-23)15-22(19)24(16)18-9-11-21(12-10-18)25(3,4)5;1-12-7-13(2)10-17(9-12)19-15(4)5-6-16-8-14(3)11-18(16)19;1-3-2;;;/h6-15H,1-5H3;5-11H,1-4H3;1-2H3;2*1H;/q2*-1;;;;+2/p-2. The van der Waals surface area contributed by atoms with Gasteiger partial charge >= 0.3 is 53.5 Å². The summed E-state index contributed by atoms with van der Waals surface area (Å²) in [4.78, 5) is 0. The molecule has 0 N–H and O–H groups in total. The molecule has 0 bridgehead atoms. The van der Waals surface area contributed by atoms with Gasteiger partial charge in [-0.15, -0.1) is 63.5 Å². The SMILES string of the molecule is C[Si](C)=[Zr]([Cl])[Cl].Cc1cc(C)cc(-c2c(C)ccc3[cH-]c(C)cc23)c1.Cc1ccc(-c2cc3c(-c4ccc(C(C)(C)C)cc4)c(C)ccc3[cH-]2)o1. The Kier molecular flexibility index (Phi) is 12.6. The maximum Gasteiger partial charge on any atom is 0.0896 e. The molecule has 0 amide bonds. The van der Waals surface area contributed by atoms with E-state index in [9.17, 15) is 0 Å². The van der Waals surface area contributed by atoms with Crippen molar-refractivity contribution in [1.29, 1.82) is 0 Å². The zero-order valence-corrected chi connectivity index (χ0v) is 36.9. The molecule has 6 aromatic carbocycles. The van der Waals surface area contributed by atoms with Crippen molar-refractivity contribution in [3.8, 4) is 33.6 Å². The maximum atomic E-state index is 5.83. The predicted octanol–water partition coefficient (Wildman–Crippen LogP) is 15.0. The van der Waals surface area contributed by atoms with Crippen molar-refractivity contribution in [1.82, 2.24) is 0 Å². The number of benzene rings is 4. The summed E-state index contributed by atoms with van der Waals surface area (Å²) < 4.78 is 5.83. The van der Waals surface area contributed by atoms with E-state index in [0.717, 1.165) is 17.1 Å². The molecule has 0 fully saturated rings. The summed E-state index contributed by atoms with van der Waals surface area (Å²) >= 11 is -1.65. The first-order valence-corrected chi connectivity index (χ1v) is 30.1. The van der Waals surface area contributed by atoms with Crippen LogP contribution in [0.3, 0.4) is 0 Å². The number of aryl methyl sites for hydroxylation is 6. The van der Waals surface area contributed by atoms with E-state index in [1.54, 1.807) is 0 Å². The Bertz CT molecular complexity index is 2300. The van der Waals surface area contributed by atoms with Crippen LogP contribution in [0.4, 0.5) is 0 Å². The van der Waals surface area contributed by atoms with Crippen molar-refractivity contribution in [3.63, 3.8) is 0 Å². The molecule has 5 heteroatoms. The van der Waals surface area contributed by atoms with E-state index in [1.165, 1.54) is 77.2 Å². The zero-order valence-electron chi connectivity index (χ0n) is 32.0. The van der Waals surface area contributed by atoms with Crippen LogP contribution < -0.4 is 0 Å². The Labute approximate surface area is 320 Å². The summed E-state index contributed by atoms with van der Waals surface area (Å²) in [5.74, 6) is 1.88. The Hall–Kier alpha value is -2.94. The van der Waals surface area contributed by atoms with Crippen LogP contribution in [0.15, 0.2) is 108 Å². The second-order valence-corrected chi connectivity index (χ2v) is 38.2. The fourth-order valence-electron chi connectivity index (χ4n) is 6.69. The molecule has 0 aliphatic rings. The van der Waals surface area contributed by atoms with Crippen molar-refractivity contribution in [2.24, 2.45) is 0 Å². The second kappa shape index (κ2) is 16.4. The average molecular weight is 809 g/mol. The second-order valence-electron chi connectivity index (χ2n) is 15.2. The largest absolute Gasteiger partial charge is 0.496 e. The first-order valence-electron chi connectivity index (χ1n) is 17.6. The quantitative estimate of drug-likeness (QED) is 0.128. The Morgan fingerprint density at radius 2 is 1.14 bits per heavy atom. The molecule has 1 aromatic heterocycles. The van der Waals surface area contributed by atoms with Crippen LogP contribution in [0.2, 0.25) is 13.1 Å². The number of rotatable bonds is 3. The molecule has 7 rings (SSSR count). The van der Waals surface area contributed by atoms with Crippen LogP contribution in [0.25, 0.3) is 55.1 Å². The number of fused-ring (bicyclic) bond motifs is 2. The Balaban J connectivity index is 0.000000177. The van der Waals surface area contributed by atoms with Gasteiger partial charge in [0.25, 0.3) is 0 Å². The Morgan fingerprint density at radius 3 is 1.65 bits per heavy atom. The van der Waals surface area contributed by atoms with Crippen LogP contribution in [0, 0.1) is 41.5 Å². The number of hydrogen-bond donors (Lipinski definition) is 0. The summed E-state index contributed by atoms with van der Waals surface area (Å²) in [5, 5.41) is 5.27. The minimum atomic E-state index is -1.65. The average Bonchev–Trinajstić information content (AvgIpc) is 3.78. The van der Waals surface area contributed by atoms with Crippen LogP contribution >= 0.6 is 17.0 Å². The van der Waals surface area contributed by atoms with Gasteiger partial charge in [-0.05, 0) is 74.4 Å². The van der Waals surface area contributed by atoms with Gasteiger partial charge in [-0.2, -0.15) is 6.07 Å². The van der Waals surface area contributed by atoms with Gasteiger partial charge in [0.2, 0.25) is 0 Å². The smallest absolute Gasteiger partial charge is 0.0896 e. The van der Waals surface area contributed by atoms with E-state index in [0.29, 0.717) is 0 Å². The molecule has 1 nitrogen and oxygen atoms in total. The number of halogens is 2. The molecule has 264 valence electrons. The predicted molar refractivity (Wildman–Crippen MR) is 224 cm³/mol. The van der Waals surface area contributed by atoms with Crippen LogP contribution in [0.5, 0.6) is 0 Å². The summed E-state index contributed by atoms with van der Waals surface area (Å²) in [6, 6.07) is 37.8. The van der Waals surface area contributed by atoms with Gasteiger partial charge in [-0.1, -0.05) is 110 Å². The number of hydrogen-bond acceptors (Lipinski definition) is 1. The summed E-state index contributed by atoms with van der Waals surface area (Å²) in [6.07, 6.45) is 0. The molecule has 0 spiro atoms. The molecule has 0 aliphatic heterocycles. The molecular formula is C46H50Cl2OSiZr-2. The maximum absolute atomic E-state index is 5.83. The van der Waals surface area contributed by atoms with Crippen molar-refractivity contribution in [2.45, 2.75) is 80.8 Å². The van der Waals surface area contributed by atoms with Crippen molar-refractivity contribution in [3.05, 3.63) is 142 Å². The first kappa shape index (κ1) is 39.3. The molecule has 0 radical (unpaired) electrons. The van der Waals surface area contributed by atoms with E-state index in [-0.39, 0.29) is 10.8 Å². The molecule has 1 heterocycles. The van der Waals surface area contributed by atoms with E-state index < -0.39 is 18.0 Å². The van der Waals surface area contributed by atoms with Crippen molar-refractivity contribution >= 4 is 44.0 Å². The minimum Gasteiger partial charge on any atom is -0.496 e. The van der Waals surface area contributed by atoms with Gasteiger partial charge < -0.3 is 4.42 Å². The molecule has 51 heavy (non-hydrogen) atoms. The zero-order chi connectivity index (χ0) is 37.2. The monoisotopic (exact) mass is 806 g/mol. The normalized spacial score (nSPS) is 11.2. The fraction of sp³-hybridized carbons (Fsp3) is 0.261. The first-order chi connectivity index (χ1) is 24.0. The third-order valence-electron chi connectivity index (χ3n) is 9.29. The molecular weight excluding hydrogens is 759 g/mol. The molecule has 0 atom stereocenters. The van der Waals surface area contributed by atoms with Gasteiger partial charge in [0, 0.05) is 0 Å². The van der Waals surface area contributed by atoms with Gasteiger partial charge in [-0.25, -0.2) is 0 Å². The van der Waals surface area contributed by atoms with Crippen molar-refractivity contribution in [2.75, 3.05) is 0 Å². The van der Waals surface area contributed by atoms with E-state index in [2.05, 4.69) is 159 Å². The molecule has 7 aromatic rings. The van der Waals surface area contributed by atoms with Crippen molar-refractivity contribution < 1.29 is 22.4 Å². The van der Waals surface area contributed by atoms with E-state index >= 15 is 0 Å². The van der Waals surface area contributed by atoms with Gasteiger partial charge in [-0.3, -0.25) is 0 Å². The summed E-state index contributed by atoms with van der Waals surface area (Å²) in [6.45, 7) is 24.0. The Morgan fingerprint density at radius 1 is 0.608 bits per heavy atom. The number of furan rings is 1. The van der Waals surface area contributed by atoms with Crippen LogP contribution in [-0.4, -0.2) is 5.43 Å². The third kappa shape index (κ3) is 9.54. The third-order valence-corrected chi connectivity index (χ3v) is 29.0. The van der Waals surface area contributed by atoms with E-state index in [1.807, 2.05) is 19.1 Å². The molecule has 0 saturated heterocycles. The molecule has 0 unspecified atom stereocenters. The molecule has 0 saturated carbocycles. The van der Waals surface area contributed by atoms with Gasteiger partial charge in [0.1, 0.15) is 0 Å². The summed E-state index contributed by atoms with van der Waals surface area (Å²) in [7, 11) is 11.2. The molecule has 0 aliphatic carbocycles.